The predicted octanol–water partition coefficient (Wildman–Crippen LogP) is 1.04. The van der Waals surface area contributed by atoms with Gasteiger partial charge in [0.15, 0.2) is 11.6 Å². The first-order valence-corrected chi connectivity index (χ1v) is 5.85. The number of aromatic nitrogens is 1. The Hall–Kier alpha value is -0.820. The maximum absolute atomic E-state index is 5.57. The van der Waals surface area contributed by atoms with E-state index in [2.05, 4.69) is 18.3 Å². The van der Waals surface area contributed by atoms with Crippen molar-refractivity contribution in [2.75, 3.05) is 26.2 Å². The Bertz CT molecular complexity index is 276. The largest absolute Gasteiger partial charge is 0.493 e. The summed E-state index contributed by atoms with van der Waals surface area (Å²) in [5, 5.41) is 1.20. The van der Waals surface area contributed by atoms with E-state index in [-0.39, 0.29) is 7.92 Å². The van der Waals surface area contributed by atoms with E-state index in [1.807, 2.05) is 12.3 Å². The summed E-state index contributed by atoms with van der Waals surface area (Å²) in [5.74, 6) is 1.13. The van der Waals surface area contributed by atoms with Crippen molar-refractivity contribution in [3.8, 4) is 5.75 Å². The van der Waals surface area contributed by atoms with Crippen molar-refractivity contribution in [3.05, 3.63) is 12.3 Å². The second kappa shape index (κ2) is 3.72. The second-order valence-electron chi connectivity index (χ2n) is 2.68. The minimum absolute atomic E-state index is 0.128. The zero-order chi connectivity index (χ0) is 9.14. The third-order valence-corrected chi connectivity index (χ3v) is 2.88. The van der Waals surface area contributed by atoms with Crippen LogP contribution >= 0.6 is 7.92 Å². The molecule has 12 heavy (non-hydrogen) atoms. The standard InChI is InChI=1S/C8H13N2OP/c1-11-7-4-6(12(2)3)5-10-8(7)9/h4-5H,1-3H3,(H2,9,10). The molecule has 0 aliphatic carbocycles. The molecule has 1 aromatic rings. The van der Waals surface area contributed by atoms with Crippen LogP contribution in [0.1, 0.15) is 0 Å². The topological polar surface area (TPSA) is 48.1 Å². The van der Waals surface area contributed by atoms with Crippen molar-refractivity contribution in [2.45, 2.75) is 0 Å². The number of rotatable bonds is 2. The number of hydrogen-bond donors (Lipinski definition) is 1. The van der Waals surface area contributed by atoms with Crippen LogP contribution in [-0.4, -0.2) is 25.4 Å². The average Bonchev–Trinajstić information content (AvgIpc) is 2.05. The van der Waals surface area contributed by atoms with Crippen LogP contribution in [0.15, 0.2) is 12.3 Å². The highest BCUT2D eigenvalue weighted by molar-refractivity contribution is 7.64. The quantitative estimate of drug-likeness (QED) is 0.698. The highest BCUT2D eigenvalue weighted by Gasteiger charge is 2.04. The van der Waals surface area contributed by atoms with E-state index in [0.717, 1.165) is 0 Å². The summed E-state index contributed by atoms with van der Waals surface area (Å²) in [4.78, 5) is 4.04. The summed E-state index contributed by atoms with van der Waals surface area (Å²) in [5.41, 5.74) is 5.57. The fraction of sp³-hybridized carbons (Fsp3) is 0.375. The monoisotopic (exact) mass is 184 g/mol. The third kappa shape index (κ3) is 1.86. The predicted molar refractivity (Wildman–Crippen MR) is 53.6 cm³/mol. The highest BCUT2D eigenvalue weighted by atomic mass is 31.1. The maximum atomic E-state index is 5.57. The number of ether oxygens (including phenoxy) is 1. The Morgan fingerprint density at radius 3 is 2.67 bits per heavy atom. The summed E-state index contributed by atoms with van der Waals surface area (Å²) in [6.07, 6.45) is 1.81. The van der Waals surface area contributed by atoms with Gasteiger partial charge in [-0.3, -0.25) is 0 Å². The molecule has 0 radical (unpaired) electrons. The molecule has 0 spiro atoms. The summed E-state index contributed by atoms with van der Waals surface area (Å²) >= 11 is 0. The van der Waals surface area contributed by atoms with Gasteiger partial charge in [0, 0.05) is 6.20 Å². The molecule has 3 nitrogen and oxygen atoms in total. The van der Waals surface area contributed by atoms with Gasteiger partial charge in [-0.25, -0.2) is 4.98 Å². The lowest BCUT2D eigenvalue weighted by molar-refractivity contribution is 0.416. The molecule has 1 rings (SSSR count). The number of pyridine rings is 1. The molecule has 2 N–H and O–H groups in total. The van der Waals surface area contributed by atoms with Crippen LogP contribution < -0.4 is 15.8 Å². The summed E-state index contributed by atoms with van der Waals surface area (Å²) in [6.45, 7) is 4.34. The van der Waals surface area contributed by atoms with Crippen LogP contribution in [0, 0.1) is 0 Å². The van der Waals surface area contributed by atoms with Gasteiger partial charge in [-0.2, -0.15) is 0 Å². The SMILES string of the molecule is COc1cc(P(C)C)cnc1N. The molecule has 4 heteroatoms. The summed E-state index contributed by atoms with van der Waals surface area (Å²) < 4.78 is 5.06. The zero-order valence-electron chi connectivity index (χ0n) is 7.53. The molecule has 0 amide bonds. The van der Waals surface area contributed by atoms with Gasteiger partial charge < -0.3 is 10.5 Å². The lowest BCUT2D eigenvalue weighted by Gasteiger charge is -2.08. The van der Waals surface area contributed by atoms with Crippen LogP contribution in [0.4, 0.5) is 5.82 Å². The third-order valence-electron chi connectivity index (χ3n) is 1.60. The maximum Gasteiger partial charge on any atom is 0.166 e. The molecular weight excluding hydrogens is 171 g/mol. The minimum atomic E-state index is -0.128. The smallest absolute Gasteiger partial charge is 0.166 e. The van der Waals surface area contributed by atoms with E-state index in [4.69, 9.17) is 10.5 Å². The molecule has 1 aromatic heterocycles. The van der Waals surface area contributed by atoms with Gasteiger partial charge in [0.05, 0.1) is 7.11 Å². The number of nitrogens with zero attached hydrogens (tertiary/aromatic N) is 1. The van der Waals surface area contributed by atoms with Gasteiger partial charge in [-0.1, -0.05) is 7.92 Å². The number of nitrogens with two attached hydrogens (primary N) is 1. The van der Waals surface area contributed by atoms with E-state index in [1.165, 1.54) is 5.30 Å². The van der Waals surface area contributed by atoms with Crippen molar-refractivity contribution in [1.82, 2.24) is 4.98 Å². The Labute approximate surface area is 73.7 Å². The lowest BCUT2D eigenvalue weighted by atomic mass is 10.4. The van der Waals surface area contributed by atoms with E-state index in [9.17, 15) is 0 Å². The second-order valence-corrected chi connectivity index (χ2v) is 4.98. The Kier molecular flexibility index (Phi) is 2.88. The van der Waals surface area contributed by atoms with Crippen LogP contribution in [0.3, 0.4) is 0 Å². The average molecular weight is 184 g/mol. The van der Waals surface area contributed by atoms with E-state index in [0.29, 0.717) is 11.6 Å². The van der Waals surface area contributed by atoms with Gasteiger partial charge >= 0.3 is 0 Å². The van der Waals surface area contributed by atoms with Crippen molar-refractivity contribution in [2.24, 2.45) is 0 Å². The van der Waals surface area contributed by atoms with E-state index in [1.54, 1.807) is 7.11 Å². The number of methoxy groups -OCH3 is 1. The molecule has 0 saturated carbocycles. The van der Waals surface area contributed by atoms with Crippen molar-refractivity contribution in [1.29, 1.82) is 0 Å². The summed E-state index contributed by atoms with van der Waals surface area (Å²) in [6, 6.07) is 1.95. The normalized spacial score (nSPS) is 10.3. The van der Waals surface area contributed by atoms with E-state index >= 15 is 0 Å². The fourth-order valence-electron chi connectivity index (χ4n) is 0.853. The molecule has 1 heterocycles. The molecule has 0 atom stereocenters. The summed E-state index contributed by atoms with van der Waals surface area (Å²) in [7, 11) is 1.47. The van der Waals surface area contributed by atoms with E-state index < -0.39 is 0 Å². The fourth-order valence-corrected chi connectivity index (χ4v) is 1.52. The molecule has 0 aliphatic rings. The van der Waals surface area contributed by atoms with Crippen LogP contribution in [-0.2, 0) is 0 Å². The zero-order valence-corrected chi connectivity index (χ0v) is 8.43. The van der Waals surface area contributed by atoms with Gasteiger partial charge in [-0.05, 0) is 24.7 Å². The first-order valence-electron chi connectivity index (χ1n) is 3.62. The molecule has 0 saturated heterocycles. The van der Waals surface area contributed by atoms with Crippen LogP contribution in [0.5, 0.6) is 5.75 Å². The van der Waals surface area contributed by atoms with Gasteiger partial charge in [0.1, 0.15) is 0 Å². The Morgan fingerprint density at radius 2 is 2.17 bits per heavy atom. The number of anilines is 1. The van der Waals surface area contributed by atoms with Crippen LogP contribution in [0.25, 0.3) is 0 Å². The first-order chi connectivity index (χ1) is 5.65. The van der Waals surface area contributed by atoms with Crippen molar-refractivity contribution >= 4 is 19.0 Å². The molecule has 66 valence electrons. The number of nitrogen functional groups attached to an aromatic ring is 1. The van der Waals surface area contributed by atoms with Gasteiger partial charge in [-0.15, -0.1) is 0 Å². The minimum Gasteiger partial charge on any atom is -0.493 e. The first kappa shape index (κ1) is 9.27. The molecule has 0 aromatic carbocycles. The molecular formula is C8H13N2OP. The van der Waals surface area contributed by atoms with Gasteiger partial charge in [0.2, 0.25) is 0 Å². The molecule has 0 bridgehead atoms. The molecule has 0 aliphatic heterocycles. The van der Waals surface area contributed by atoms with Crippen molar-refractivity contribution in [3.63, 3.8) is 0 Å². The van der Waals surface area contributed by atoms with Crippen molar-refractivity contribution < 1.29 is 4.74 Å². The highest BCUT2D eigenvalue weighted by Crippen LogP contribution is 2.26. The Balaban J connectivity index is 3.05. The Morgan fingerprint density at radius 1 is 1.50 bits per heavy atom. The molecule has 0 fully saturated rings. The molecule has 0 unspecified atom stereocenters. The van der Waals surface area contributed by atoms with Crippen LogP contribution in [0.2, 0.25) is 0 Å². The number of hydrogen-bond acceptors (Lipinski definition) is 3. The lowest BCUT2D eigenvalue weighted by Crippen LogP contribution is -2.05. The van der Waals surface area contributed by atoms with Gasteiger partial charge in [0.25, 0.3) is 0 Å².